The van der Waals surface area contributed by atoms with Crippen molar-refractivity contribution >= 4 is 11.7 Å². The molecule has 0 radical (unpaired) electrons. The first-order valence-corrected chi connectivity index (χ1v) is 8.35. The summed E-state index contributed by atoms with van der Waals surface area (Å²) in [5, 5.41) is 16.7. The number of pyridine rings is 1. The van der Waals surface area contributed by atoms with Crippen LogP contribution in [0.1, 0.15) is 11.1 Å². The van der Waals surface area contributed by atoms with Crippen LogP contribution >= 0.6 is 0 Å². The highest BCUT2D eigenvalue weighted by atomic mass is 16.6. The van der Waals surface area contributed by atoms with Gasteiger partial charge < -0.3 is 20.1 Å². The molecular weight excluding hydrogens is 352 g/mol. The van der Waals surface area contributed by atoms with E-state index in [1.54, 1.807) is 18.5 Å². The summed E-state index contributed by atoms with van der Waals surface area (Å²) in [4.78, 5) is 26.6. The molecule has 2 amide bonds. The summed E-state index contributed by atoms with van der Waals surface area (Å²) in [6.45, 7) is 0.711. The Bertz CT molecular complexity index is 783. The molecule has 2 rings (SSSR count). The molecule has 9 heteroatoms. The lowest BCUT2D eigenvalue weighted by Crippen LogP contribution is -2.37. The van der Waals surface area contributed by atoms with Crippen LogP contribution in [-0.2, 0) is 12.8 Å². The van der Waals surface area contributed by atoms with Crippen molar-refractivity contribution in [3.8, 4) is 11.5 Å². The van der Waals surface area contributed by atoms with E-state index in [1.807, 2.05) is 12.1 Å². The van der Waals surface area contributed by atoms with Crippen LogP contribution in [0, 0.1) is 10.1 Å². The molecule has 0 unspecified atom stereocenters. The van der Waals surface area contributed by atoms with Crippen molar-refractivity contribution in [1.82, 2.24) is 15.6 Å². The Morgan fingerprint density at radius 2 is 1.81 bits per heavy atom. The van der Waals surface area contributed by atoms with Crippen molar-refractivity contribution in [1.29, 1.82) is 0 Å². The second kappa shape index (κ2) is 9.95. The van der Waals surface area contributed by atoms with Gasteiger partial charge in [0.2, 0.25) is 0 Å². The predicted molar refractivity (Wildman–Crippen MR) is 99.2 cm³/mol. The monoisotopic (exact) mass is 374 g/mol. The normalized spacial score (nSPS) is 10.1. The fourth-order valence-corrected chi connectivity index (χ4v) is 2.52. The van der Waals surface area contributed by atoms with Gasteiger partial charge in [0, 0.05) is 31.0 Å². The molecule has 27 heavy (non-hydrogen) atoms. The van der Waals surface area contributed by atoms with Crippen LogP contribution in [0.5, 0.6) is 11.5 Å². The first kappa shape index (κ1) is 20.0. The number of hydrogen-bond acceptors (Lipinski definition) is 6. The third-order valence-corrected chi connectivity index (χ3v) is 3.88. The van der Waals surface area contributed by atoms with Gasteiger partial charge in [0.1, 0.15) is 0 Å². The summed E-state index contributed by atoms with van der Waals surface area (Å²) in [6.07, 6.45) is 4.39. The molecule has 1 aromatic heterocycles. The number of benzene rings is 1. The number of carbonyl (C=O) groups excluding carboxylic acids is 1. The average molecular weight is 374 g/mol. The Morgan fingerprint density at radius 3 is 2.41 bits per heavy atom. The molecule has 0 aliphatic heterocycles. The van der Waals surface area contributed by atoms with Crippen molar-refractivity contribution in [3.05, 3.63) is 57.9 Å². The maximum Gasteiger partial charge on any atom is 0.314 e. The maximum absolute atomic E-state index is 11.8. The zero-order valence-electron chi connectivity index (χ0n) is 15.2. The van der Waals surface area contributed by atoms with E-state index in [0.717, 1.165) is 5.56 Å². The fourth-order valence-electron chi connectivity index (χ4n) is 2.52. The van der Waals surface area contributed by atoms with E-state index in [4.69, 9.17) is 9.47 Å². The number of nitro benzene ring substituents is 1. The molecule has 144 valence electrons. The van der Waals surface area contributed by atoms with E-state index in [2.05, 4.69) is 15.6 Å². The van der Waals surface area contributed by atoms with Crippen molar-refractivity contribution in [2.75, 3.05) is 27.3 Å². The van der Waals surface area contributed by atoms with Crippen molar-refractivity contribution < 1.29 is 19.2 Å². The topological polar surface area (TPSA) is 116 Å². The van der Waals surface area contributed by atoms with E-state index in [0.29, 0.717) is 24.3 Å². The number of nitro groups is 1. The summed E-state index contributed by atoms with van der Waals surface area (Å²) in [6, 6.07) is 6.32. The lowest BCUT2D eigenvalue weighted by Gasteiger charge is -2.11. The van der Waals surface area contributed by atoms with Crippen LogP contribution in [0.15, 0.2) is 36.7 Å². The van der Waals surface area contributed by atoms with E-state index in [1.165, 1.54) is 20.3 Å². The molecule has 0 saturated heterocycles. The Balaban J connectivity index is 1.86. The predicted octanol–water partition coefficient (Wildman–Crippen LogP) is 2.09. The van der Waals surface area contributed by atoms with Gasteiger partial charge in [-0.3, -0.25) is 15.1 Å². The minimum atomic E-state index is -0.481. The largest absolute Gasteiger partial charge is 0.493 e. The summed E-state index contributed by atoms with van der Waals surface area (Å²) >= 11 is 0. The third-order valence-electron chi connectivity index (χ3n) is 3.88. The van der Waals surface area contributed by atoms with Gasteiger partial charge in [0.15, 0.2) is 11.5 Å². The van der Waals surface area contributed by atoms with Gasteiger partial charge in [-0.2, -0.15) is 0 Å². The summed E-state index contributed by atoms with van der Waals surface area (Å²) in [7, 11) is 2.88. The number of nitrogens with one attached hydrogen (secondary N) is 2. The second-order valence-corrected chi connectivity index (χ2v) is 5.64. The van der Waals surface area contributed by atoms with Crippen LogP contribution in [0.2, 0.25) is 0 Å². The molecular formula is C18H22N4O5. The first-order valence-electron chi connectivity index (χ1n) is 8.35. The van der Waals surface area contributed by atoms with Crippen molar-refractivity contribution in [2.24, 2.45) is 0 Å². The standard InChI is InChI=1S/C18H22N4O5/c1-26-16-10-14(15(22(24)25)11-17(16)27-2)6-9-21-18(23)20-8-5-13-4-3-7-19-12-13/h3-4,7,10-12H,5-6,8-9H2,1-2H3,(H2,20,21,23). The van der Waals surface area contributed by atoms with Gasteiger partial charge in [-0.1, -0.05) is 6.07 Å². The Hall–Kier alpha value is -3.36. The van der Waals surface area contributed by atoms with E-state index in [-0.39, 0.29) is 30.4 Å². The van der Waals surface area contributed by atoms with Crippen LogP contribution < -0.4 is 20.1 Å². The van der Waals surface area contributed by atoms with Gasteiger partial charge in [-0.05, 0) is 30.5 Å². The molecule has 0 bridgehead atoms. The molecule has 9 nitrogen and oxygen atoms in total. The minimum Gasteiger partial charge on any atom is -0.493 e. The highest BCUT2D eigenvalue weighted by Gasteiger charge is 2.19. The summed E-state index contributed by atoms with van der Waals surface area (Å²) in [5.41, 5.74) is 1.40. The molecule has 1 heterocycles. The number of rotatable bonds is 9. The number of hydrogen-bond donors (Lipinski definition) is 2. The Labute approximate surface area is 156 Å². The third kappa shape index (κ3) is 5.84. The number of nitrogens with zero attached hydrogens (tertiary/aromatic N) is 2. The number of ether oxygens (including phenoxy) is 2. The number of carbonyl (C=O) groups is 1. The molecule has 2 N–H and O–H groups in total. The zero-order valence-corrected chi connectivity index (χ0v) is 15.2. The number of aromatic nitrogens is 1. The Kier molecular flexibility index (Phi) is 7.36. The van der Waals surface area contributed by atoms with Crippen LogP contribution in [-0.4, -0.2) is 43.2 Å². The molecule has 0 fully saturated rings. The van der Waals surface area contributed by atoms with Gasteiger partial charge in [-0.25, -0.2) is 4.79 Å². The lowest BCUT2D eigenvalue weighted by molar-refractivity contribution is -0.385. The zero-order chi connectivity index (χ0) is 19.6. The van der Waals surface area contributed by atoms with E-state index in [9.17, 15) is 14.9 Å². The maximum atomic E-state index is 11.8. The number of methoxy groups -OCH3 is 2. The molecule has 0 saturated carbocycles. The van der Waals surface area contributed by atoms with Gasteiger partial charge in [0.25, 0.3) is 5.69 Å². The van der Waals surface area contributed by atoms with Gasteiger partial charge >= 0.3 is 6.03 Å². The average Bonchev–Trinajstić information content (AvgIpc) is 2.68. The quantitative estimate of drug-likeness (QED) is 0.513. The van der Waals surface area contributed by atoms with Crippen LogP contribution in [0.3, 0.4) is 0 Å². The molecule has 0 atom stereocenters. The molecule has 2 aromatic rings. The van der Waals surface area contributed by atoms with Gasteiger partial charge in [0.05, 0.1) is 25.2 Å². The van der Waals surface area contributed by atoms with E-state index >= 15 is 0 Å². The first-order chi connectivity index (χ1) is 13.0. The van der Waals surface area contributed by atoms with Crippen molar-refractivity contribution in [3.63, 3.8) is 0 Å². The minimum absolute atomic E-state index is 0.0774. The molecule has 0 aliphatic rings. The number of urea groups is 1. The number of amides is 2. The summed E-state index contributed by atoms with van der Waals surface area (Å²) in [5.74, 6) is 0.688. The van der Waals surface area contributed by atoms with Gasteiger partial charge in [-0.15, -0.1) is 0 Å². The smallest absolute Gasteiger partial charge is 0.314 e. The van der Waals surface area contributed by atoms with E-state index < -0.39 is 4.92 Å². The Morgan fingerprint density at radius 1 is 1.15 bits per heavy atom. The molecule has 0 aliphatic carbocycles. The van der Waals surface area contributed by atoms with Crippen LogP contribution in [0.25, 0.3) is 0 Å². The lowest BCUT2D eigenvalue weighted by atomic mass is 10.1. The highest BCUT2D eigenvalue weighted by Crippen LogP contribution is 2.34. The highest BCUT2D eigenvalue weighted by molar-refractivity contribution is 5.73. The fraction of sp³-hybridized carbons (Fsp3) is 0.333. The van der Waals surface area contributed by atoms with Crippen LogP contribution in [0.4, 0.5) is 10.5 Å². The van der Waals surface area contributed by atoms with Crippen molar-refractivity contribution in [2.45, 2.75) is 12.8 Å². The summed E-state index contributed by atoms with van der Waals surface area (Å²) < 4.78 is 10.3. The second-order valence-electron chi connectivity index (χ2n) is 5.64. The molecule has 1 aromatic carbocycles. The SMILES string of the molecule is COc1cc(CCNC(=O)NCCc2cccnc2)c([N+](=O)[O-])cc1OC. The molecule has 0 spiro atoms.